The van der Waals surface area contributed by atoms with Crippen LogP contribution in [-0.4, -0.2) is 0 Å². The van der Waals surface area contributed by atoms with Gasteiger partial charge in [0.25, 0.3) is 0 Å². The Kier molecular flexibility index (Phi) is 6.18. The van der Waals surface area contributed by atoms with Crippen LogP contribution >= 0.6 is 0 Å². The standard InChI is InChI=1S/C46H29NO2/c1-2-10-31(11-3-1)38-17-9-18-42-41-27-25-35(29-45(41)49-46(38)42)47(34-24-26-40-39-15-6-7-19-43(39)48-44(40)28-34)33-22-20-32(21-23-33)37-16-8-13-30-12-4-5-14-36(30)37/h1-29H. The normalized spacial score (nSPS) is 11.7. The maximum atomic E-state index is 6.68. The Morgan fingerprint density at radius 3 is 1.69 bits per heavy atom. The average molecular weight is 628 g/mol. The van der Waals surface area contributed by atoms with Crippen LogP contribution in [0.4, 0.5) is 17.1 Å². The van der Waals surface area contributed by atoms with Crippen LogP contribution in [0.3, 0.4) is 0 Å². The zero-order valence-corrected chi connectivity index (χ0v) is 26.5. The molecule has 0 saturated carbocycles. The summed E-state index contributed by atoms with van der Waals surface area (Å²) in [6, 6.07) is 62.0. The van der Waals surface area contributed by atoms with E-state index in [2.05, 4.69) is 163 Å². The summed E-state index contributed by atoms with van der Waals surface area (Å²) in [6.07, 6.45) is 0. The first-order chi connectivity index (χ1) is 24.3. The highest BCUT2D eigenvalue weighted by molar-refractivity contribution is 6.11. The summed E-state index contributed by atoms with van der Waals surface area (Å²) < 4.78 is 13.0. The van der Waals surface area contributed by atoms with E-state index in [1.54, 1.807) is 0 Å². The number of anilines is 3. The summed E-state index contributed by atoms with van der Waals surface area (Å²) >= 11 is 0. The van der Waals surface area contributed by atoms with Crippen LogP contribution in [0.5, 0.6) is 0 Å². The summed E-state index contributed by atoms with van der Waals surface area (Å²) in [4.78, 5) is 2.28. The van der Waals surface area contributed by atoms with Crippen molar-refractivity contribution in [1.82, 2.24) is 0 Å². The number of nitrogens with zero attached hydrogens (tertiary/aromatic N) is 1. The molecule has 0 amide bonds. The molecule has 0 radical (unpaired) electrons. The third-order valence-corrected chi connectivity index (χ3v) is 9.67. The summed E-state index contributed by atoms with van der Waals surface area (Å²) in [6.45, 7) is 0. The van der Waals surface area contributed by atoms with Gasteiger partial charge < -0.3 is 13.7 Å². The lowest BCUT2D eigenvalue weighted by Crippen LogP contribution is -2.09. The minimum Gasteiger partial charge on any atom is -0.456 e. The molecular weight excluding hydrogens is 599 g/mol. The molecule has 0 fully saturated rings. The molecule has 49 heavy (non-hydrogen) atoms. The number of hydrogen-bond donors (Lipinski definition) is 0. The predicted octanol–water partition coefficient (Wildman–Crippen LogP) is 13.4. The molecule has 0 unspecified atom stereocenters. The molecule has 2 heterocycles. The number of furan rings is 2. The fraction of sp³-hybridized carbons (Fsp3) is 0. The van der Waals surface area contributed by atoms with Crippen molar-refractivity contribution >= 4 is 71.7 Å². The molecule has 0 aliphatic carbocycles. The lowest BCUT2D eigenvalue weighted by Gasteiger charge is -2.25. The average Bonchev–Trinajstić information content (AvgIpc) is 3.73. The van der Waals surface area contributed by atoms with E-state index >= 15 is 0 Å². The van der Waals surface area contributed by atoms with Crippen LogP contribution in [0, 0.1) is 0 Å². The second-order valence-electron chi connectivity index (χ2n) is 12.5. The number of para-hydroxylation sites is 2. The first-order valence-corrected chi connectivity index (χ1v) is 16.6. The number of rotatable bonds is 5. The molecule has 3 heteroatoms. The molecular formula is C46H29NO2. The Morgan fingerprint density at radius 2 is 0.878 bits per heavy atom. The maximum absolute atomic E-state index is 6.68. The van der Waals surface area contributed by atoms with Crippen molar-refractivity contribution in [3.63, 3.8) is 0 Å². The van der Waals surface area contributed by atoms with E-state index in [4.69, 9.17) is 8.83 Å². The van der Waals surface area contributed by atoms with Crippen molar-refractivity contribution in [1.29, 1.82) is 0 Å². The molecule has 0 bridgehead atoms. The summed E-state index contributed by atoms with van der Waals surface area (Å²) in [5.74, 6) is 0. The van der Waals surface area contributed by atoms with Gasteiger partial charge in [0.05, 0.1) is 0 Å². The van der Waals surface area contributed by atoms with Gasteiger partial charge in [-0.2, -0.15) is 0 Å². The van der Waals surface area contributed by atoms with Crippen LogP contribution in [0.15, 0.2) is 185 Å². The van der Waals surface area contributed by atoms with Crippen molar-refractivity contribution < 1.29 is 8.83 Å². The Labute approximate surface area is 282 Å². The Hall–Kier alpha value is -6.58. The number of fused-ring (bicyclic) bond motifs is 7. The Morgan fingerprint density at radius 1 is 0.327 bits per heavy atom. The fourth-order valence-electron chi connectivity index (χ4n) is 7.34. The molecule has 3 nitrogen and oxygen atoms in total. The second-order valence-corrected chi connectivity index (χ2v) is 12.5. The molecule has 8 aromatic carbocycles. The molecule has 0 N–H and O–H groups in total. The lowest BCUT2D eigenvalue weighted by molar-refractivity contribution is 0.669. The van der Waals surface area contributed by atoms with Crippen molar-refractivity contribution in [3.05, 3.63) is 176 Å². The topological polar surface area (TPSA) is 29.5 Å². The largest absolute Gasteiger partial charge is 0.456 e. The van der Waals surface area contributed by atoms with Crippen LogP contribution in [0.25, 0.3) is 76.9 Å². The monoisotopic (exact) mass is 627 g/mol. The lowest BCUT2D eigenvalue weighted by atomic mass is 9.98. The van der Waals surface area contributed by atoms with E-state index in [1.807, 2.05) is 18.2 Å². The zero-order chi connectivity index (χ0) is 32.3. The molecule has 0 spiro atoms. The highest BCUT2D eigenvalue weighted by atomic mass is 16.3. The minimum atomic E-state index is 0.845. The molecule has 0 atom stereocenters. The third-order valence-electron chi connectivity index (χ3n) is 9.67. The van der Waals surface area contributed by atoms with Crippen LogP contribution in [0.2, 0.25) is 0 Å². The molecule has 10 rings (SSSR count). The molecule has 0 saturated heterocycles. The van der Waals surface area contributed by atoms with E-state index in [0.717, 1.165) is 72.1 Å². The highest BCUT2D eigenvalue weighted by Crippen LogP contribution is 2.42. The van der Waals surface area contributed by atoms with Crippen molar-refractivity contribution in [2.45, 2.75) is 0 Å². The quantitative estimate of drug-likeness (QED) is 0.190. The zero-order valence-electron chi connectivity index (χ0n) is 26.5. The Balaban J connectivity index is 1.14. The summed E-state index contributed by atoms with van der Waals surface area (Å²) in [5, 5.41) is 6.90. The first kappa shape index (κ1) is 27.5. The molecule has 2 aromatic heterocycles. The second kappa shape index (κ2) is 11.0. The van der Waals surface area contributed by atoms with Crippen molar-refractivity contribution in [2.24, 2.45) is 0 Å². The van der Waals surface area contributed by atoms with Crippen LogP contribution < -0.4 is 4.90 Å². The third kappa shape index (κ3) is 4.51. The van der Waals surface area contributed by atoms with Gasteiger partial charge in [-0.1, -0.05) is 121 Å². The molecule has 230 valence electrons. The number of benzene rings is 8. The molecule has 10 aromatic rings. The number of hydrogen-bond acceptors (Lipinski definition) is 3. The van der Waals surface area contributed by atoms with Gasteiger partial charge in [0.1, 0.15) is 22.3 Å². The summed E-state index contributed by atoms with van der Waals surface area (Å²) in [7, 11) is 0. The maximum Gasteiger partial charge on any atom is 0.143 e. The minimum absolute atomic E-state index is 0.845. The van der Waals surface area contributed by atoms with Crippen molar-refractivity contribution in [3.8, 4) is 22.3 Å². The SMILES string of the molecule is c1ccc(-c2cccc3c2oc2cc(N(c4ccc(-c5cccc6ccccc56)cc4)c4ccc5c(c4)oc4ccccc45)ccc23)cc1. The van der Waals surface area contributed by atoms with Gasteiger partial charge in [-0.05, 0) is 69.9 Å². The van der Waals surface area contributed by atoms with Crippen LogP contribution in [-0.2, 0) is 0 Å². The van der Waals surface area contributed by atoms with Gasteiger partial charge >= 0.3 is 0 Å². The van der Waals surface area contributed by atoms with Gasteiger partial charge in [-0.3, -0.25) is 0 Å². The first-order valence-electron chi connectivity index (χ1n) is 16.6. The van der Waals surface area contributed by atoms with E-state index in [9.17, 15) is 0 Å². The molecule has 0 aliphatic heterocycles. The van der Waals surface area contributed by atoms with E-state index in [1.165, 1.54) is 21.9 Å². The van der Waals surface area contributed by atoms with E-state index in [0.29, 0.717) is 0 Å². The summed E-state index contributed by atoms with van der Waals surface area (Å²) in [5.41, 5.74) is 11.2. The highest BCUT2D eigenvalue weighted by Gasteiger charge is 2.19. The van der Waals surface area contributed by atoms with Gasteiger partial charge in [0.15, 0.2) is 0 Å². The fourth-order valence-corrected chi connectivity index (χ4v) is 7.34. The van der Waals surface area contributed by atoms with Gasteiger partial charge in [0, 0.05) is 56.3 Å². The van der Waals surface area contributed by atoms with E-state index < -0.39 is 0 Å². The van der Waals surface area contributed by atoms with Gasteiger partial charge in [-0.15, -0.1) is 0 Å². The predicted molar refractivity (Wildman–Crippen MR) is 204 cm³/mol. The smallest absolute Gasteiger partial charge is 0.143 e. The Bertz CT molecular complexity index is 2820. The van der Waals surface area contributed by atoms with Crippen LogP contribution in [0.1, 0.15) is 0 Å². The van der Waals surface area contributed by atoms with Gasteiger partial charge in [0.2, 0.25) is 0 Å². The van der Waals surface area contributed by atoms with E-state index in [-0.39, 0.29) is 0 Å². The van der Waals surface area contributed by atoms with Gasteiger partial charge in [-0.25, -0.2) is 0 Å². The molecule has 0 aliphatic rings. The van der Waals surface area contributed by atoms with Crippen molar-refractivity contribution in [2.75, 3.05) is 4.90 Å².